The molecule has 0 atom stereocenters. The van der Waals surface area contributed by atoms with Crippen LogP contribution in [0.15, 0.2) is 4.47 Å². The molecule has 0 saturated carbocycles. The molecule has 0 bridgehead atoms. The van der Waals surface area contributed by atoms with E-state index in [1.165, 1.54) is 0 Å². The minimum atomic E-state index is 0.488. The first-order valence-electron chi connectivity index (χ1n) is 2.08. The second-order valence-corrected chi connectivity index (χ2v) is 2.60. The Bertz CT molecular complexity index is 176. The van der Waals surface area contributed by atoms with E-state index in [4.69, 9.17) is 11.6 Å². The third-order valence-electron chi connectivity index (χ3n) is 0.832. The maximum Gasteiger partial charge on any atom is 0.165 e. The number of hydrogen-bond donors (Lipinski definition) is 1. The lowest BCUT2D eigenvalue weighted by Gasteiger charge is -1.79. The van der Waals surface area contributed by atoms with Crippen molar-refractivity contribution >= 4 is 27.5 Å². The molecule has 44 valence electrons. The standard InChI is InChI=1S/C4H4BrClN2/c1-2-3(5)4(6)8-7-2/h1H3,(H,7,8). The predicted molar refractivity (Wildman–Crippen MR) is 36.0 cm³/mol. The van der Waals surface area contributed by atoms with E-state index < -0.39 is 0 Å². The van der Waals surface area contributed by atoms with Gasteiger partial charge in [0.25, 0.3) is 0 Å². The van der Waals surface area contributed by atoms with Crippen molar-refractivity contribution in [2.45, 2.75) is 6.92 Å². The van der Waals surface area contributed by atoms with Gasteiger partial charge in [-0.25, -0.2) is 0 Å². The third kappa shape index (κ3) is 0.880. The summed E-state index contributed by atoms with van der Waals surface area (Å²) in [6.07, 6.45) is 0. The molecule has 0 aromatic carbocycles. The highest BCUT2D eigenvalue weighted by Crippen LogP contribution is 2.21. The monoisotopic (exact) mass is 194 g/mol. The minimum absolute atomic E-state index is 0.488. The fourth-order valence-electron chi connectivity index (χ4n) is 0.386. The fourth-order valence-corrected chi connectivity index (χ4v) is 0.747. The van der Waals surface area contributed by atoms with Crippen LogP contribution < -0.4 is 0 Å². The van der Waals surface area contributed by atoms with Gasteiger partial charge < -0.3 is 0 Å². The van der Waals surface area contributed by atoms with Gasteiger partial charge in [0.2, 0.25) is 0 Å². The van der Waals surface area contributed by atoms with E-state index in [2.05, 4.69) is 26.1 Å². The first-order valence-corrected chi connectivity index (χ1v) is 3.25. The Morgan fingerprint density at radius 1 is 1.75 bits per heavy atom. The average Bonchev–Trinajstić information content (AvgIpc) is 1.98. The number of nitrogens with one attached hydrogen (secondary N) is 1. The third-order valence-corrected chi connectivity index (χ3v) is 2.30. The number of aryl methyl sites for hydroxylation is 1. The van der Waals surface area contributed by atoms with Gasteiger partial charge in [-0.1, -0.05) is 11.6 Å². The molecule has 0 amide bonds. The molecule has 1 heterocycles. The topological polar surface area (TPSA) is 28.7 Å². The van der Waals surface area contributed by atoms with Gasteiger partial charge in [0.05, 0.1) is 4.47 Å². The lowest BCUT2D eigenvalue weighted by atomic mass is 10.5. The molecule has 1 aromatic rings. The quantitative estimate of drug-likeness (QED) is 0.675. The molecular formula is C4H4BrClN2. The summed E-state index contributed by atoms with van der Waals surface area (Å²) < 4.78 is 0.846. The van der Waals surface area contributed by atoms with E-state index in [9.17, 15) is 0 Å². The summed E-state index contributed by atoms with van der Waals surface area (Å²) in [5.41, 5.74) is 0.954. The van der Waals surface area contributed by atoms with Crippen molar-refractivity contribution in [2.24, 2.45) is 0 Å². The zero-order valence-electron chi connectivity index (χ0n) is 4.20. The number of aromatic nitrogens is 2. The van der Waals surface area contributed by atoms with Gasteiger partial charge in [0, 0.05) is 5.69 Å². The number of halogens is 2. The molecule has 2 nitrogen and oxygen atoms in total. The van der Waals surface area contributed by atoms with Crippen LogP contribution in [0.4, 0.5) is 0 Å². The Balaban J connectivity index is 3.19. The molecular weight excluding hydrogens is 191 g/mol. The van der Waals surface area contributed by atoms with Crippen LogP contribution in [0, 0.1) is 6.92 Å². The van der Waals surface area contributed by atoms with Gasteiger partial charge in [-0.3, -0.25) is 5.10 Å². The summed E-state index contributed by atoms with van der Waals surface area (Å²) in [5, 5.41) is 6.91. The number of aromatic amines is 1. The molecule has 0 aliphatic rings. The van der Waals surface area contributed by atoms with Gasteiger partial charge in [0.15, 0.2) is 5.15 Å². The maximum absolute atomic E-state index is 5.54. The van der Waals surface area contributed by atoms with Crippen molar-refractivity contribution in [1.29, 1.82) is 0 Å². The van der Waals surface area contributed by atoms with Gasteiger partial charge >= 0.3 is 0 Å². The summed E-state index contributed by atoms with van der Waals surface area (Å²) in [5.74, 6) is 0. The van der Waals surface area contributed by atoms with Crippen LogP contribution >= 0.6 is 27.5 Å². The van der Waals surface area contributed by atoms with Crippen molar-refractivity contribution in [3.05, 3.63) is 15.3 Å². The zero-order valence-corrected chi connectivity index (χ0v) is 6.55. The van der Waals surface area contributed by atoms with Crippen LogP contribution in [0.25, 0.3) is 0 Å². The molecule has 8 heavy (non-hydrogen) atoms. The van der Waals surface area contributed by atoms with E-state index in [0.29, 0.717) is 5.15 Å². The highest BCUT2D eigenvalue weighted by molar-refractivity contribution is 9.10. The van der Waals surface area contributed by atoms with Crippen molar-refractivity contribution in [3.63, 3.8) is 0 Å². The largest absolute Gasteiger partial charge is 0.280 e. The normalized spacial score (nSPS) is 9.88. The first kappa shape index (κ1) is 6.11. The molecule has 0 saturated heterocycles. The Morgan fingerprint density at radius 3 is 2.50 bits per heavy atom. The second kappa shape index (κ2) is 2.07. The summed E-state index contributed by atoms with van der Waals surface area (Å²) in [7, 11) is 0. The van der Waals surface area contributed by atoms with Crippen LogP contribution in [0.2, 0.25) is 5.15 Å². The molecule has 0 fully saturated rings. The van der Waals surface area contributed by atoms with Gasteiger partial charge in [-0.2, -0.15) is 5.10 Å². The van der Waals surface area contributed by atoms with Gasteiger partial charge in [-0.05, 0) is 22.9 Å². The number of rotatable bonds is 0. The number of hydrogen-bond acceptors (Lipinski definition) is 1. The van der Waals surface area contributed by atoms with E-state index in [1.54, 1.807) is 0 Å². The highest BCUT2D eigenvalue weighted by Gasteiger charge is 2.01. The Hall–Kier alpha value is -0.0200. The molecule has 0 aliphatic carbocycles. The van der Waals surface area contributed by atoms with Gasteiger partial charge in [-0.15, -0.1) is 0 Å². The molecule has 1 N–H and O–H groups in total. The molecule has 1 aromatic heterocycles. The van der Waals surface area contributed by atoms with Crippen LogP contribution in [0.5, 0.6) is 0 Å². The smallest absolute Gasteiger partial charge is 0.165 e. The summed E-state index contributed by atoms with van der Waals surface area (Å²) in [6.45, 7) is 1.89. The average molecular weight is 195 g/mol. The molecule has 0 unspecified atom stereocenters. The maximum atomic E-state index is 5.54. The van der Waals surface area contributed by atoms with E-state index >= 15 is 0 Å². The molecule has 4 heteroatoms. The Morgan fingerprint density at radius 2 is 2.38 bits per heavy atom. The fraction of sp³-hybridized carbons (Fsp3) is 0.250. The van der Waals surface area contributed by atoms with Crippen molar-refractivity contribution in [2.75, 3.05) is 0 Å². The van der Waals surface area contributed by atoms with E-state index in [-0.39, 0.29) is 0 Å². The Labute approximate surface area is 60.4 Å². The van der Waals surface area contributed by atoms with Crippen LogP contribution in [-0.2, 0) is 0 Å². The van der Waals surface area contributed by atoms with Crippen molar-refractivity contribution in [3.8, 4) is 0 Å². The lowest BCUT2D eigenvalue weighted by molar-refractivity contribution is 1.05. The molecule has 0 aliphatic heterocycles. The van der Waals surface area contributed by atoms with Crippen molar-refractivity contribution in [1.82, 2.24) is 10.2 Å². The zero-order chi connectivity index (χ0) is 6.15. The van der Waals surface area contributed by atoms with E-state index in [1.807, 2.05) is 6.92 Å². The van der Waals surface area contributed by atoms with Crippen LogP contribution in [-0.4, -0.2) is 10.2 Å². The predicted octanol–water partition coefficient (Wildman–Crippen LogP) is 2.13. The SMILES string of the molecule is Cc1[nH]nc(Cl)c1Br. The lowest BCUT2D eigenvalue weighted by Crippen LogP contribution is -1.67. The van der Waals surface area contributed by atoms with E-state index in [0.717, 1.165) is 10.2 Å². The Kier molecular flexibility index (Phi) is 1.58. The molecule has 1 rings (SSSR count). The number of nitrogens with zero attached hydrogens (tertiary/aromatic N) is 1. The van der Waals surface area contributed by atoms with Crippen molar-refractivity contribution < 1.29 is 0 Å². The summed E-state index contributed by atoms with van der Waals surface area (Å²) in [4.78, 5) is 0. The van der Waals surface area contributed by atoms with Crippen LogP contribution in [0.1, 0.15) is 5.69 Å². The summed E-state index contributed by atoms with van der Waals surface area (Å²) in [6, 6.07) is 0. The van der Waals surface area contributed by atoms with Crippen LogP contribution in [0.3, 0.4) is 0 Å². The molecule has 0 spiro atoms. The second-order valence-electron chi connectivity index (χ2n) is 1.45. The number of H-pyrrole nitrogens is 1. The minimum Gasteiger partial charge on any atom is -0.280 e. The first-order chi connectivity index (χ1) is 3.72. The molecule has 0 radical (unpaired) electrons. The van der Waals surface area contributed by atoms with Gasteiger partial charge in [0.1, 0.15) is 0 Å². The summed E-state index contributed by atoms with van der Waals surface area (Å²) >= 11 is 8.76. The highest BCUT2D eigenvalue weighted by atomic mass is 79.9.